The molecular formula is C18H24N2O3. The van der Waals surface area contributed by atoms with Crippen LogP contribution in [0.1, 0.15) is 25.8 Å². The Hall–Kier alpha value is -2.01. The summed E-state index contributed by atoms with van der Waals surface area (Å²) < 4.78 is 5.70. The second kappa shape index (κ2) is 6.62. The van der Waals surface area contributed by atoms with Crippen LogP contribution in [0.2, 0.25) is 0 Å². The summed E-state index contributed by atoms with van der Waals surface area (Å²) in [4.78, 5) is 17.8. The zero-order valence-electron chi connectivity index (χ0n) is 13.7. The van der Waals surface area contributed by atoms with Crippen molar-refractivity contribution in [2.75, 3.05) is 19.8 Å². The van der Waals surface area contributed by atoms with E-state index in [1.807, 2.05) is 43.1 Å². The number of hydrogen-bond donors (Lipinski definition) is 2. The van der Waals surface area contributed by atoms with Crippen molar-refractivity contribution in [1.82, 2.24) is 9.88 Å². The van der Waals surface area contributed by atoms with Crippen molar-refractivity contribution in [3.05, 3.63) is 30.0 Å². The van der Waals surface area contributed by atoms with Gasteiger partial charge in [-0.1, -0.05) is 6.07 Å². The minimum Gasteiger partial charge on any atom is -0.493 e. The molecule has 2 atom stereocenters. The quantitative estimate of drug-likeness (QED) is 0.890. The fourth-order valence-electron chi connectivity index (χ4n) is 3.50. The first-order valence-electron chi connectivity index (χ1n) is 8.27. The van der Waals surface area contributed by atoms with Gasteiger partial charge in [-0.15, -0.1) is 0 Å². The molecule has 2 aromatic rings. The fourth-order valence-corrected chi connectivity index (χ4v) is 3.50. The smallest absolute Gasteiger partial charge is 0.227 e. The van der Waals surface area contributed by atoms with Crippen LogP contribution in [0.15, 0.2) is 24.4 Å². The molecule has 5 nitrogen and oxygen atoms in total. The Morgan fingerprint density at radius 1 is 1.48 bits per heavy atom. The average molecular weight is 316 g/mol. The molecule has 124 valence electrons. The zero-order chi connectivity index (χ0) is 16.4. The van der Waals surface area contributed by atoms with Crippen molar-refractivity contribution in [3.63, 3.8) is 0 Å². The van der Waals surface area contributed by atoms with Gasteiger partial charge >= 0.3 is 0 Å². The van der Waals surface area contributed by atoms with Crippen LogP contribution < -0.4 is 4.74 Å². The number of carbonyl (C=O) groups is 1. The number of aromatic nitrogens is 1. The number of ether oxygens (including phenoxy) is 1. The van der Waals surface area contributed by atoms with Crippen molar-refractivity contribution >= 4 is 16.8 Å². The molecule has 1 amide bonds. The summed E-state index contributed by atoms with van der Waals surface area (Å²) in [6.45, 7) is 5.45. The lowest BCUT2D eigenvalue weighted by molar-refractivity contribution is -0.131. The average Bonchev–Trinajstić information content (AvgIpc) is 3.12. The largest absolute Gasteiger partial charge is 0.493 e. The summed E-state index contributed by atoms with van der Waals surface area (Å²) >= 11 is 0. The van der Waals surface area contributed by atoms with Gasteiger partial charge < -0.3 is 19.7 Å². The van der Waals surface area contributed by atoms with Crippen LogP contribution in [0.3, 0.4) is 0 Å². The molecule has 23 heavy (non-hydrogen) atoms. The van der Waals surface area contributed by atoms with Gasteiger partial charge in [-0.3, -0.25) is 4.79 Å². The molecule has 1 aromatic carbocycles. The molecule has 1 fully saturated rings. The lowest BCUT2D eigenvalue weighted by Crippen LogP contribution is -2.37. The van der Waals surface area contributed by atoms with E-state index in [0.717, 1.165) is 35.2 Å². The summed E-state index contributed by atoms with van der Waals surface area (Å²) in [5, 5.41) is 10.4. The third-order valence-electron chi connectivity index (χ3n) is 4.86. The van der Waals surface area contributed by atoms with Gasteiger partial charge in [0.05, 0.1) is 13.0 Å². The molecule has 0 unspecified atom stereocenters. The Kier molecular flexibility index (Phi) is 4.57. The lowest BCUT2D eigenvalue weighted by Gasteiger charge is -2.24. The van der Waals surface area contributed by atoms with E-state index in [9.17, 15) is 9.90 Å². The number of aliphatic hydroxyl groups is 1. The van der Waals surface area contributed by atoms with E-state index in [0.29, 0.717) is 13.0 Å². The molecular weight excluding hydrogens is 292 g/mol. The first-order chi connectivity index (χ1) is 11.2. The highest BCUT2D eigenvalue weighted by molar-refractivity contribution is 5.93. The monoisotopic (exact) mass is 316 g/mol. The maximum Gasteiger partial charge on any atom is 0.227 e. The molecule has 0 bridgehead atoms. The molecule has 3 rings (SSSR count). The number of fused-ring (bicyclic) bond motifs is 1. The predicted octanol–water partition coefficient (Wildman–Crippen LogP) is 2.34. The fraction of sp³-hybridized carbons (Fsp3) is 0.500. The highest BCUT2D eigenvalue weighted by Gasteiger charge is 2.33. The number of hydrogen-bond acceptors (Lipinski definition) is 3. The number of benzene rings is 1. The number of carbonyl (C=O) groups excluding carboxylic acids is 1. The summed E-state index contributed by atoms with van der Waals surface area (Å²) in [6, 6.07) is 5.98. The molecule has 0 saturated carbocycles. The number of aromatic amines is 1. The van der Waals surface area contributed by atoms with E-state index in [-0.39, 0.29) is 24.5 Å². The van der Waals surface area contributed by atoms with E-state index >= 15 is 0 Å². The highest BCUT2D eigenvalue weighted by Crippen LogP contribution is 2.30. The number of nitrogens with zero attached hydrogens (tertiary/aromatic N) is 1. The first-order valence-corrected chi connectivity index (χ1v) is 8.27. The van der Waals surface area contributed by atoms with Crippen LogP contribution in [0.4, 0.5) is 0 Å². The molecule has 1 saturated heterocycles. The zero-order valence-corrected chi connectivity index (χ0v) is 13.7. The second-order valence-corrected chi connectivity index (χ2v) is 6.16. The number of nitrogens with one attached hydrogen (secondary N) is 1. The predicted molar refractivity (Wildman–Crippen MR) is 89.5 cm³/mol. The van der Waals surface area contributed by atoms with Crippen molar-refractivity contribution in [2.24, 2.45) is 5.92 Å². The third kappa shape index (κ3) is 2.93. The normalized spacial score (nSPS) is 21.1. The summed E-state index contributed by atoms with van der Waals surface area (Å²) in [5.41, 5.74) is 1.95. The molecule has 0 radical (unpaired) electrons. The van der Waals surface area contributed by atoms with Crippen molar-refractivity contribution < 1.29 is 14.6 Å². The van der Waals surface area contributed by atoms with Crippen LogP contribution in [-0.2, 0) is 11.2 Å². The first kappa shape index (κ1) is 15.9. The summed E-state index contributed by atoms with van der Waals surface area (Å²) in [5.74, 6) is 1.12. The van der Waals surface area contributed by atoms with Crippen molar-refractivity contribution in [3.8, 4) is 5.75 Å². The molecule has 0 aliphatic carbocycles. The minimum absolute atomic E-state index is 0.101. The van der Waals surface area contributed by atoms with E-state index in [1.165, 1.54) is 0 Å². The molecule has 0 spiro atoms. The maximum atomic E-state index is 12.7. The van der Waals surface area contributed by atoms with Gasteiger partial charge in [-0.2, -0.15) is 0 Å². The number of H-pyrrole nitrogens is 1. The molecule has 1 aliphatic heterocycles. The SMILES string of the molecule is CCOc1cccc2[nH]cc(CC(=O)N3CC[C@@H](CO)[C@@H]3C)c12. The number of rotatable bonds is 5. The van der Waals surface area contributed by atoms with Gasteiger partial charge in [0.15, 0.2) is 0 Å². The van der Waals surface area contributed by atoms with Crippen LogP contribution in [0.5, 0.6) is 5.75 Å². The highest BCUT2D eigenvalue weighted by atomic mass is 16.5. The van der Waals surface area contributed by atoms with Crippen molar-refractivity contribution in [2.45, 2.75) is 32.7 Å². The van der Waals surface area contributed by atoms with Gasteiger partial charge in [0, 0.05) is 42.2 Å². The molecule has 2 N–H and O–H groups in total. The van der Waals surface area contributed by atoms with E-state index in [4.69, 9.17) is 4.74 Å². The molecule has 2 heterocycles. The van der Waals surface area contributed by atoms with Gasteiger partial charge in [0.25, 0.3) is 0 Å². The van der Waals surface area contributed by atoms with Gasteiger partial charge in [-0.05, 0) is 38.0 Å². The standard InChI is InChI=1S/C18H24N2O3/c1-3-23-16-6-4-5-15-18(16)14(10-19-15)9-17(22)20-8-7-13(11-21)12(20)2/h4-6,10,12-13,19,21H,3,7-9,11H2,1-2H3/t12-,13-/m0/s1. The molecule has 1 aliphatic rings. The summed E-state index contributed by atoms with van der Waals surface area (Å²) in [6.07, 6.45) is 3.13. The summed E-state index contributed by atoms with van der Waals surface area (Å²) in [7, 11) is 0. The number of likely N-dealkylation sites (tertiary alicyclic amines) is 1. The Labute approximate surface area is 136 Å². The van der Waals surface area contributed by atoms with Crippen LogP contribution in [0.25, 0.3) is 10.9 Å². The number of aliphatic hydroxyl groups excluding tert-OH is 1. The topological polar surface area (TPSA) is 65.6 Å². The van der Waals surface area contributed by atoms with E-state index < -0.39 is 0 Å². The maximum absolute atomic E-state index is 12.7. The van der Waals surface area contributed by atoms with Gasteiger partial charge in [-0.25, -0.2) is 0 Å². The van der Waals surface area contributed by atoms with Crippen molar-refractivity contribution in [1.29, 1.82) is 0 Å². The van der Waals surface area contributed by atoms with E-state index in [1.54, 1.807) is 0 Å². The lowest BCUT2D eigenvalue weighted by atomic mass is 10.0. The Morgan fingerprint density at radius 3 is 3.00 bits per heavy atom. The van der Waals surface area contributed by atoms with E-state index in [2.05, 4.69) is 4.98 Å². The number of amides is 1. The van der Waals surface area contributed by atoms with Crippen LogP contribution >= 0.6 is 0 Å². The molecule has 1 aromatic heterocycles. The van der Waals surface area contributed by atoms with Crippen LogP contribution in [-0.4, -0.2) is 46.7 Å². The Bertz CT molecular complexity index is 695. The van der Waals surface area contributed by atoms with Crippen LogP contribution in [0, 0.1) is 5.92 Å². The minimum atomic E-state index is 0.101. The third-order valence-corrected chi connectivity index (χ3v) is 4.86. The van der Waals surface area contributed by atoms with Gasteiger partial charge in [0.2, 0.25) is 5.91 Å². The second-order valence-electron chi connectivity index (χ2n) is 6.16. The van der Waals surface area contributed by atoms with Gasteiger partial charge in [0.1, 0.15) is 5.75 Å². The Balaban J connectivity index is 1.83. The Morgan fingerprint density at radius 2 is 2.30 bits per heavy atom. The molecule has 5 heteroatoms.